The molecule has 0 spiro atoms. The van der Waals surface area contributed by atoms with Crippen molar-refractivity contribution in [3.8, 4) is 0 Å². The monoisotopic (exact) mass is 408 g/mol. The Labute approximate surface area is 162 Å². The number of rotatable bonds is 3. The summed E-state index contributed by atoms with van der Waals surface area (Å²) >= 11 is 3.13. The lowest BCUT2D eigenvalue weighted by molar-refractivity contribution is 0.0928. The van der Waals surface area contributed by atoms with Crippen LogP contribution in [0.1, 0.15) is 35.4 Å². The second kappa shape index (κ2) is 7.74. The quantitative estimate of drug-likeness (QED) is 0.817. The van der Waals surface area contributed by atoms with Crippen LogP contribution in [-0.2, 0) is 0 Å². The average molecular weight is 409 g/mol. The maximum absolute atomic E-state index is 12.5. The Hall–Kier alpha value is -0.600. The van der Waals surface area contributed by atoms with Gasteiger partial charge in [0.2, 0.25) is 0 Å². The number of nitrogens with zero attached hydrogens (tertiary/aromatic N) is 2. The molecule has 2 fully saturated rings. The maximum atomic E-state index is 12.5. The Morgan fingerprint density at radius 3 is 2.50 bits per heavy atom. The summed E-state index contributed by atoms with van der Waals surface area (Å²) in [5.41, 5.74) is 0. The van der Waals surface area contributed by atoms with Crippen molar-refractivity contribution < 1.29 is 4.79 Å². The summed E-state index contributed by atoms with van der Waals surface area (Å²) in [5, 5.41) is 7.82. The summed E-state index contributed by atoms with van der Waals surface area (Å²) in [6.07, 6.45) is 4.63. The summed E-state index contributed by atoms with van der Waals surface area (Å²) in [7, 11) is 3.98. The largest absolute Gasteiger partial charge is 0.354 e. The van der Waals surface area contributed by atoms with E-state index < -0.39 is 0 Å². The second-order valence-electron chi connectivity index (χ2n) is 6.45. The van der Waals surface area contributed by atoms with Gasteiger partial charge in [-0.3, -0.25) is 4.79 Å². The lowest BCUT2D eigenvalue weighted by Gasteiger charge is -2.29. The van der Waals surface area contributed by atoms with Crippen molar-refractivity contribution in [2.45, 2.75) is 43.8 Å². The van der Waals surface area contributed by atoms with Gasteiger partial charge in [0.15, 0.2) is 5.13 Å². The van der Waals surface area contributed by atoms with Crippen LogP contribution in [0.5, 0.6) is 0 Å². The predicted molar refractivity (Wildman–Crippen MR) is 107 cm³/mol. The topological polar surface area (TPSA) is 57.3 Å². The molecule has 2 aromatic rings. The molecule has 0 aromatic carbocycles. The highest BCUT2D eigenvalue weighted by molar-refractivity contribution is 7.29. The first-order chi connectivity index (χ1) is 10.6. The fourth-order valence-electron chi connectivity index (χ4n) is 3.46. The number of halogens is 2. The van der Waals surface area contributed by atoms with Gasteiger partial charge in [0.1, 0.15) is 4.83 Å². The number of fused-ring (bicyclic) bond motifs is 3. The molecule has 9 heteroatoms. The maximum Gasteiger partial charge on any atom is 0.261 e. The zero-order chi connectivity index (χ0) is 15.3. The molecule has 5 nitrogen and oxygen atoms in total. The first kappa shape index (κ1) is 19.7. The Morgan fingerprint density at radius 1 is 1.25 bits per heavy atom. The SMILES string of the molecule is CN(C)c1nc2sc(C(=O)NC3CC4CCC(C3)N4)cc2s1.Cl.Cl. The first-order valence-electron chi connectivity index (χ1n) is 7.73. The van der Waals surface area contributed by atoms with Crippen molar-refractivity contribution in [1.82, 2.24) is 15.6 Å². The number of aromatic nitrogens is 1. The van der Waals surface area contributed by atoms with Gasteiger partial charge in [0.05, 0.1) is 9.58 Å². The van der Waals surface area contributed by atoms with Crippen LogP contribution >= 0.6 is 47.5 Å². The van der Waals surface area contributed by atoms with Gasteiger partial charge in [0, 0.05) is 32.2 Å². The number of nitrogens with one attached hydrogen (secondary N) is 2. The molecule has 2 aromatic heterocycles. The van der Waals surface area contributed by atoms with Gasteiger partial charge < -0.3 is 15.5 Å². The number of carbonyl (C=O) groups is 1. The van der Waals surface area contributed by atoms with Crippen LogP contribution in [0.15, 0.2) is 6.07 Å². The highest BCUT2D eigenvalue weighted by Crippen LogP contribution is 2.34. The van der Waals surface area contributed by atoms with Crippen molar-refractivity contribution >= 4 is 68.1 Å². The van der Waals surface area contributed by atoms with Crippen molar-refractivity contribution in [1.29, 1.82) is 0 Å². The molecule has 2 bridgehead atoms. The van der Waals surface area contributed by atoms with Crippen LogP contribution in [-0.4, -0.2) is 43.1 Å². The summed E-state index contributed by atoms with van der Waals surface area (Å²) in [4.78, 5) is 20.8. The van der Waals surface area contributed by atoms with E-state index in [0.29, 0.717) is 18.1 Å². The third-order valence-corrected chi connectivity index (χ3v) is 6.82. The van der Waals surface area contributed by atoms with Gasteiger partial charge in [-0.15, -0.1) is 36.2 Å². The number of amides is 1. The highest BCUT2D eigenvalue weighted by Gasteiger charge is 2.34. The van der Waals surface area contributed by atoms with E-state index in [1.54, 1.807) is 11.3 Å². The molecular weight excluding hydrogens is 387 g/mol. The molecule has 2 N–H and O–H groups in total. The molecule has 0 radical (unpaired) electrons. The van der Waals surface area contributed by atoms with Crippen molar-refractivity contribution in [2.24, 2.45) is 0 Å². The third-order valence-electron chi connectivity index (χ3n) is 4.49. The van der Waals surface area contributed by atoms with Crippen LogP contribution in [0.3, 0.4) is 0 Å². The molecule has 2 saturated heterocycles. The van der Waals surface area contributed by atoms with Gasteiger partial charge >= 0.3 is 0 Å². The van der Waals surface area contributed by atoms with E-state index >= 15 is 0 Å². The highest BCUT2D eigenvalue weighted by atomic mass is 35.5. The minimum absolute atomic E-state index is 0. The Kier molecular flexibility index (Phi) is 6.36. The van der Waals surface area contributed by atoms with E-state index in [9.17, 15) is 4.79 Å². The van der Waals surface area contributed by atoms with Gasteiger partial charge in [-0.2, -0.15) is 0 Å². The molecule has 134 valence electrons. The lowest BCUT2D eigenvalue weighted by atomic mass is 10.00. The third kappa shape index (κ3) is 3.80. The van der Waals surface area contributed by atoms with E-state index in [2.05, 4.69) is 15.6 Å². The molecule has 24 heavy (non-hydrogen) atoms. The van der Waals surface area contributed by atoms with Crippen LogP contribution < -0.4 is 15.5 Å². The molecule has 2 atom stereocenters. The van der Waals surface area contributed by atoms with Crippen LogP contribution in [0.2, 0.25) is 0 Å². The van der Waals surface area contributed by atoms with Gasteiger partial charge in [-0.05, 0) is 31.7 Å². The van der Waals surface area contributed by atoms with Gasteiger partial charge in [0.25, 0.3) is 5.91 Å². The number of hydrogen-bond acceptors (Lipinski definition) is 6. The van der Waals surface area contributed by atoms with Crippen LogP contribution in [0.4, 0.5) is 5.13 Å². The number of anilines is 1. The van der Waals surface area contributed by atoms with Crippen molar-refractivity contribution in [2.75, 3.05) is 19.0 Å². The Balaban J connectivity index is 0.00000104. The molecule has 2 aliphatic rings. The van der Waals surface area contributed by atoms with Crippen LogP contribution in [0, 0.1) is 0 Å². The predicted octanol–water partition coefficient (Wildman–Crippen LogP) is 3.28. The standard InChI is InChI=1S/C15H20N4OS2.2ClH/c1-19(2)15-18-14-12(22-15)7-11(21-14)13(20)17-10-5-8-3-4-9(6-10)16-8;;/h7-10,16H,3-6H2,1-2H3,(H,17,20);2*1H. The number of carbonyl (C=O) groups excluding carboxylic acids is 1. The van der Waals surface area contributed by atoms with Crippen molar-refractivity contribution in [3.63, 3.8) is 0 Å². The summed E-state index contributed by atoms with van der Waals surface area (Å²) in [6, 6.07) is 3.49. The van der Waals surface area contributed by atoms with E-state index in [-0.39, 0.29) is 30.7 Å². The molecule has 4 heterocycles. The van der Waals surface area contributed by atoms with E-state index in [0.717, 1.165) is 32.4 Å². The second-order valence-corrected chi connectivity index (χ2v) is 8.49. The molecule has 2 aliphatic heterocycles. The average Bonchev–Trinajstić information content (AvgIpc) is 3.11. The molecule has 4 rings (SSSR count). The normalized spacial score (nSPS) is 25.0. The Morgan fingerprint density at radius 2 is 1.92 bits per heavy atom. The minimum atomic E-state index is 0. The fraction of sp³-hybridized carbons (Fsp3) is 0.600. The van der Waals surface area contributed by atoms with E-state index in [4.69, 9.17) is 0 Å². The van der Waals surface area contributed by atoms with Gasteiger partial charge in [-0.1, -0.05) is 11.3 Å². The number of hydrogen-bond donors (Lipinski definition) is 2. The Bertz CT molecular complexity index is 674. The number of piperidine rings is 1. The first-order valence-corrected chi connectivity index (χ1v) is 9.36. The molecular formula is C15H22Cl2N4OS2. The number of thiazole rings is 1. The van der Waals surface area contributed by atoms with E-state index in [1.807, 2.05) is 25.1 Å². The molecule has 0 aliphatic carbocycles. The number of thiophene rings is 1. The smallest absolute Gasteiger partial charge is 0.261 e. The minimum Gasteiger partial charge on any atom is -0.354 e. The summed E-state index contributed by atoms with van der Waals surface area (Å²) in [5.74, 6) is 0.0629. The lowest BCUT2D eigenvalue weighted by Crippen LogP contribution is -2.47. The van der Waals surface area contributed by atoms with Crippen LogP contribution in [0.25, 0.3) is 9.53 Å². The summed E-state index contributed by atoms with van der Waals surface area (Å²) < 4.78 is 1.10. The molecule has 1 amide bonds. The van der Waals surface area contributed by atoms with Crippen molar-refractivity contribution in [3.05, 3.63) is 10.9 Å². The summed E-state index contributed by atoms with van der Waals surface area (Å²) in [6.45, 7) is 0. The zero-order valence-corrected chi connectivity index (χ0v) is 16.8. The zero-order valence-electron chi connectivity index (χ0n) is 13.6. The van der Waals surface area contributed by atoms with Gasteiger partial charge in [-0.25, -0.2) is 4.98 Å². The van der Waals surface area contributed by atoms with E-state index in [1.165, 1.54) is 24.2 Å². The fourth-order valence-corrected chi connectivity index (χ4v) is 5.50. The molecule has 2 unspecified atom stereocenters. The molecule has 0 saturated carbocycles.